The average molecular weight is 705 g/mol. The molecule has 6 heteroatoms. The van der Waals surface area contributed by atoms with Crippen molar-refractivity contribution in [2.24, 2.45) is 0 Å². The molecule has 2 amide bonds. The molecule has 0 radical (unpaired) electrons. The van der Waals surface area contributed by atoms with Crippen molar-refractivity contribution in [3.63, 3.8) is 0 Å². The second-order valence-corrected chi connectivity index (χ2v) is 14.3. The Morgan fingerprint density at radius 2 is 0.788 bits per heavy atom. The molecular formula is C46H64N4O2+2. The van der Waals surface area contributed by atoms with Gasteiger partial charge in [-0.25, -0.2) is 9.13 Å². The van der Waals surface area contributed by atoms with Crippen LogP contribution in [0.2, 0.25) is 0 Å². The Kier molecular flexibility index (Phi) is 18.7. The first kappa shape index (κ1) is 40.5. The fraction of sp³-hybridized carbons (Fsp3) is 0.478. The van der Waals surface area contributed by atoms with Gasteiger partial charge in [-0.2, -0.15) is 0 Å². The summed E-state index contributed by atoms with van der Waals surface area (Å²) < 4.78 is 4.38. The Bertz CT molecular complexity index is 1420. The quantitative estimate of drug-likeness (QED) is 0.0510. The maximum atomic E-state index is 13.7. The molecule has 2 aromatic heterocycles. The lowest BCUT2D eigenvalue weighted by molar-refractivity contribution is -0.697. The van der Waals surface area contributed by atoms with Gasteiger partial charge in [0.15, 0.2) is 24.8 Å². The maximum absolute atomic E-state index is 13.7. The number of pyridine rings is 2. The van der Waals surface area contributed by atoms with Crippen LogP contribution < -0.4 is 9.13 Å². The molecule has 0 saturated carbocycles. The van der Waals surface area contributed by atoms with Gasteiger partial charge in [0.2, 0.25) is 0 Å². The molecule has 4 rings (SSSR count). The Balaban J connectivity index is 1.23. The molecule has 4 aromatic rings. The fourth-order valence-corrected chi connectivity index (χ4v) is 6.73. The van der Waals surface area contributed by atoms with Crippen LogP contribution in [0.15, 0.2) is 110 Å². The van der Waals surface area contributed by atoms with Crippen molar-refractivity contribution >= 4 is 11.8 Å². The summed E-state index contributed by atoms with van der Waals surface area (Å²) in [5, 5.41) is 0. The number of unbranched alkanes of at least 4 members (excludes halogenated alkanes) is 11. The monoisotopic (exact) mass is 705 g/mol. The van der Waals surface area contributed by atoms with Crippen molar-refractivity contribution in [2.45, 2.75) is 130 Å². The van der Waals surface area contributed by atoms with Crippen molar-refractivity contribution in [2.75, 3.05) is 13.1 Å². The number of carbonyl (C=O) groups excluding carboxylic acids is 2. The van der Waals surface area contributed by atoms with Crippen molar-refractivity contribution in [3.8, 4) is 0 Å². The lowest BCUT2D eigenvalue weighted by atomic mass is 10.1. The molecule has 0 atom stereocenters. The van der Waals surface area contributed by atoms with E-state index in [9.17, 15) is 9.59 Å². The first-order chi connectivity index (χ1) is 25.6. The number of hydrogen-bond donors (Lipinski definition) is 0. The number of aromatic nitrogens is 2. The van der Waals surface area contributed by atoms with Gasteiger partial charge in [0, 0.05) is 63.3 Å². The Morgan fingerprint density at radius 1 is 0.442 bits per heavy atom. The lowest BCUT2D eigenvalue weighted by Crippen LogP contribution is -2.35. The highest BCUT2D eigenvalue weighted by atomic mass is 16.2. The van der Waals surface area contributed by atoms with Gasteiger partial charge in [-0.3, -0.25) is 9.59 Å². The fourth-order valence-electron chi connectivity index (χ4n) is 6.73. The molecule has 0 fully saturated rings. The number of rotatable bonds is 25. The summed E-state index contributed by atoms with van der Waals surface area (Å²) in [6, 6.07) is 28.6. The normalized spacial score (nSPS) is 11.0. The van der Waals surface area contributed by atoms with E-state index in [0.29, 0.717) is 13.1 Å². The summed E-state index contributed by atoms with van der Waals surface area (Å²) in [6.07, 6.45) is 24.4. The third kappa shape index (κ3) is 14.7. The minimum absolute atomic E-state index is 0.102. The van der Waals surface area contributed by atoms with Gasteiger partial charge in [0.05, 0.1) is 11.1 Å². The third-order valence-electron chi connectivity index (χ3n) is 9.93. The zero-order valence-electron chi connectivity index (χ0n) is 32.1. The molecule has 2 heterocycles. The van der Waals surface area contributed by atoms with Crippen LogP contribution >= 0.6 is 0 Å². The van der Waals surface area contributed by atoms with E-state index >= 15 is 0 Å². The molecule has 0 aliphatic rings. The van der Waals surface area contributed by atoms with Gasteiger partial charge < -0.3 is 9.80 Å². The molecule has 6 nitrogen and oxygen atoms in total. The molecule has 0 aliphatic carbocycles. The van der Waals surface area contributed by atoms with Crippen LogP contribution in [0.25, 0.3) is 0 Å². The molecule has 0 bridgehead atoms. The molecule has 278 valence electrons. The predicted molar refractivity (Wildman–Crippen MR) is 212 cm³/mol. The number of hydrogen-bond acceptors (Lipinski definition) is 2. The van der Waals surface area contributed by atoms with Crippen LogP contribution in [-0.4, -0.2) is 34.7 Å². The predicted octanol–water partition coefficient (Wildman–Crippen LogP) is 9.75. The second kappa shape index (κ2) is 24.0. The molecule has 0 spiro atoms. The molecule has 52 heavy (non-hydrogen) atoms. The van der Waals surface area contributed by atoms with Gasteiger partial charge in [-0.1, -0.05) is 126 Å². The number of nitrogens with zero attached hydrogens (tertiary/aromatic N) is 4. The van der Waals surface area contributed by atoms with E-state index in [1.54, 1.807) is 0 Å². The largest absolute Gasteiger partial charge is 0.334 e. The van der Waals surface area contributed by atoms with Gasteiger partial charge in [-0.05, 0) is 36.8 Å². The first-order valence-electron chi connectivity index (χ1n) is 20.2. The number of benzene rings is 2. The molecule has 2 aromatic carbocycles. The minimum Gasteiger partial charge on any atom is -0.334 e. The standard InChI is InChI=1S/C46H64N4O2/c1-3-5-7-19-31-47-35-27-43(28-36-47)45(51)49(39-41-23-15-13-16-24-41)33-21-11-9-10-12-22-34-50(40-42-25-17-14-18-26-42)46(52)44-29-37-48(38-30-44)32-20-8-6-4-2/h13-18,23-30,35-38H,3-12,19-22,31-34,39-40H2,1-2H3/q+2. The highest BCUT2D eigenvalue weighted by molar-refractivity contribution is 5.94. The number of amides is 2. The van der Waals surface area contributed by atoms with E-state index in [1.165, 1.54) is 51.4 Å². The van der Waals surface area contributed by atoms with E-state index in [-0.39, 0.29) is 11.8 Å². The van der Waals surface area contributed by atoms with E-state index < -0.39 is 0 Å². The van der Waals surface area contributed by atoms with Crippen LogP contribution in [0.4, 0.5) is 0 Å². The molecular weight excluding hydrogens is 641 g/mol. The van der Waals surface area contributed by atoms with E-state index in [1.807, 2.05) is 70.5 Å². The Labute approximate surface area is 314 Å². The molecule has 0 unspecified atom stereocenters. The number of aryl methyl sites for hydroxylation is 2. The molecule has 0 aliphatic heterocycles. The summed E-state index contributed by atoms with van der Waals surface area (Å²) >= 11 is 0. The Hall–Kier alpha value is -4.32. The van der Waals surface area contributed by atoms with Crippen molar-refractivity contribution in [3.05, 3.63) is 132 Å². The van der Waals surface area contributed by atoms with Crippen LogP contribution in [0.1, 0.15) is 136 Å². The Morgan fingerprint density at radius 3 is 1.15 bits per heavy atom. The van der Waals surface area contributed by atoms with E-state index in [0.717, 1.165) is 87.0 Å². The van der Waals surface area contributed by atoms with Crippen molar-refractivity contribution < 1.29 is 18.7 Å². The summed E-state index contributed by atoms with van der Waals surface area (Å²) in [5.41, 5.74) is 3.83. The lowest BCUT2D eigenvalue weighted by Gasteiger charge is -2.23. The van der Waals surface area contributed by atoms with Gasteiger partial charge in [-0.15, -0.1) is 0 Å². The average Bonchev–Trinajstić information content (AvgIpc) is 3.19. The maximum Gasteiger partial charge on any atom is 0.254 e. The topological polar surface area (TPSA) is 48.4 Å². The van der Waals surface area contributed by atoms with Gasteiger partial charge in [0.25, 0.3) is 11.8 Å². The first-order valence-corrected chi connectivity index (χ1v) is 20.2. The van der Waals surface area contributed by atoms with Gasteiger partial charge >= 0.3 is 0 Å². The van der Waals surface area contributed by atoms with Gasteiger partial charge in [0.1, 0.15) is 13.1 Å². The highest BCUT2D eigenvalue weighted by Gasteiger charge is 2.19. The molecule has 0 saturated heterocycles. The zero-order chi connectivity index (χ0) is 36.6. The summed E-state index contributed by atoms with van der Waals surface area (Å²) in [5.74, 6) is 0.204. The summed E-state index contributed by atoms with van der Waals surface area (Å²) in [4.78, 5) is 31.4. The van der Waals surface area contributed by atoms with Crippen LogP contribution in [0, 0.1) is 0 Å². The highest BCUT2D eigenvalue weighted by Crippen LogP contribution is 2.15. The summed E-state index contributed by atoms with van der Waals surface area (Å²) in [7, 11) is 0. The smallest absolute Gasteiger partial charge is 0.254 e. The number of carbonyl (C=O) groups is 2. The second-order valence-electron chi connectivity index (χ2n) is 14.3. The van der Waals surface area contributed by atoms with Crippen LogP contribution in [0.5, 0.6) is 0 Å². The minimum atomic E-state index is 0.102. The van der Waals surface area contributed by atoms with Crippen molar-refractivity contribution in [1.29, 1.82) is 0 Å². The zero-order valence-corrected chi connectivity index (χ0v) is 32.1. The van der Waals surface area contributed by atoms with Crippen LogP contribution in [0.3, 0.4) is 0 Å². The van der Waals surface area contributed by atoms with E-state index in [2.05, 4.69) is 72.0 Å². The SMILES string of the molecule is CCCCCC[n+]1ccc(C(=O)N(CCCCCCCCN(Cc2ccccc2)C(=O)c2cc[n+](CCCCCC)cc2)Cc2ccccc2)cc1. The summed E-state index contributed by atoms with van der Waals surface area (Å²) in [6.45, 7) is 9.19. The molecule has 0 N–H and O–H groups in total. The van der Waals surface area contributed by atoms with E-state index in [4.69, 9.17) is 0 Å². The van der Waals surface area contributed by atoms with Crippen molar-refractivity contribution in [1.82, 2.24) is 9.80 Å². The van der Waals surface area contributed by atoms with Crippen LogP contribution in [-0.2, 0) is 26.2 Å². The third-order valence-corrected chi connectivity index (χ3v) is 9.93.